The van der Waals surface area contributed by atoms with Gasteiger partial charge in [-0.15, -0.1) is 0 Å². The van der Waals surface area contributed by atoms with E-state index in [2.05, 4.69) is 15.5 Å². The summed E-state index contributed by atoms with van der Waals surface area (Å²) in [6, 6.07) is 0. The number of carbonyl (C=O) groups is 2. The number of aryl methyl sites for hydroxylation is 2. The first kappa shape index (κ1) is 14.2. The number of nitro groups is 1. The topological polar surface area (TPSA) is 151 Å². The van der Waals surface area contributed by atoms with Crippen LogP contribution in [0.1, 0.15) is 21.0 Å². The largest absolute Gasteiger partial charge is 0.364 e. The van der Waals surface area contributed by atoms with E-state index in [1.54, 1.807) is 0 Å². The fourth-order valence-corrected chi connectivity index (χ4v) is 1.77. The highest BCUT2D eigenvalue weighted by molar-refractivity contribution is 6.08. The molecule has 2 aromatic heterocycles. The van der Waals surface area contributed by atoms with Gasteiger partial charge >= 0.3 is 5.69 Å². The Balaban J connectivity index is 2.37. The summed E-state index contributed by atoms with van der Waals surface area (Å²) in [5.74, 6) is -1.62. The molecule has 2 amide bonds. The normalized spacial score (nSPS) is 10.4. The van der Waals surface area contributed by atoms with E-state index < -0.39 is 22.4 Å². The Morgan fingerprint density at radius 2 is 2.10 bits per heavy atom. The van der Waals surface area contributed by atoms with Crippen molar-refractivity contribution in [1.29, 1.82) is 0 Å². The van der Waals surface area contributed by atoms with E-state index >= 15 is 0 Å². The predicted molar refractivity (Wildman–Crippen MR) is 69.5 cm³/mol. The maximum Gasteiger partial charge on any atom is 0.320 e. The van der Waals surface area contributed by atoms with Crippen molar-refractivity contribution in [2.45, 2.75) is 0 Å². The molecule has 0 bridgehead atoms. The van der Waals surface area contributed by atoms with E-state index in [1.165, 1.54) is 25.0 Å². The number of nitrogens with two attached hydrogens (primary N) is 1. The van der Waals surface area contributed by atoms with E-state index in [0.717, 1.165) is 10.9 Å². The van der Waals surface area contributed by atoms with Crippen molar-refractivity contribution < 1.29 is 14.5 Å². The van der Waals surface area contributed by atoms with Crippen LogP contribution in [0.3, 0.4) is 0 Å². The molecule has 0 aliphatic rings. The lowest BCUT2D eigenvalue weighted by Gasteiger charge is -2.03. The number of carbonyl (C=O) groups excluding carboxylic acids is 2. The number of anilines is 1. The monoisotopic (exact) mass is 293 g/mol. The summed E-state index contributed by atoms with van der Waals surface area (Å²) in [4.78, 5) is 33.5. The van der Waals surface area contributed by atoms with Crippen LogP contribution in [0.4, 0.5) is 11.4 Å². The minimum Gasteiger partial charge on any atom is -0.364 e. The maximum absolute atomic E-state index is 12.1. The van der Waals surface area contributed by atoms with Crippen molar-refractivity contribution in [2.24, 2.45) is 19.8 Å². The number of amides is 2. The SMILES string of the molecule is Cn1cc(NC(=O)c2c([N+](=O)[O-])cnn2C)c(C(N)=O)n1. The van der Waals surface area contributed by atoms with Crippen LogP contribution in [0.5, 0.6) is 0 Å². The lowest BCUT2D eigenvalue weighted by atomic mass is 10.3. The summed E-state index contributed by atoms with van der Waals surface area (Å²) in [5.41, 5.74) is 4.36. The maximum atomic E-state index is 12.1. The van der Waals surface area contributed by atoms with Gasteiger partial charge in [0.05, 0.1) is 10.6 Å². The van der Waals surface area contributed by atoms with Crippen molar-refractivity contribution in [3.8, 4) is 0 Å². The van der Waals surface area contributed by atoms with Crippen LogP contribution in [0.2, 0.25) is 0 Å². The van der Waals surface area contributed by atoms with Crippen molar-refractivity contribution in [3.63, 3.8) is 0 Å². The van der Waals surface area contributed by atoms with Gasteiger partial charge in [-0.2, -0.15) is 10.2 Å². The third-order valence-electron chi connectivity index (χ3n) is 2.64. The smallest absolute Gasteiger partial charge is 0.320 e. The highest BCUT2D eigenvalue weighted by atomic mass is 16.6. The van der Waals surface area contributed by atoms with Gasteiger partial charge in [0.15, 0.2) is 5.69 Å². The molecule has 0 radical (unpaired) electrons. The molecular weight excluding hydrogens is 282 g/mol. The van der Waals surface area contributed by atoms with Crippen LogP contribution < -0.4 is 11.1 Å². The third kappa shape index (κ3) is 2.56. The molecule has 0 saturated heterocycles. The summed E-state index contributed by atoms with van der Waals surface area (Å²) >= 11 is 0. The Bertz CT molecular complexity index is 745. The molecule has 0 aliphatic heterocycles. The Hall–Kier alpha value is -3.24. The summed E-state index contributed by atoms with van der Waals surface area (Å²) in [5, 5.41) is 20.7. The first-order chi connectivity index (χ1) is 9.81. The Labute approximate surface area is 117 Å². The molecule has 110 valence electrons. The molecule has 3 N–H and O–H groups in total. The minimum atomic E-state index is -0.828. The van der Waals surface area contributed by atoms with Crippen LogP contribution >= 0.6 is 0 Å². The number of nitrogens with zero attached hydrogens (tertiary/aromatic N) is 5. The Kier molecular flexibility index (Phi) is 3.40. The van der Waals surface area contributed by atoms with Crippen molar-refractivity contribution in [3.05, 3.63) is 33.9 Å². The molecular formula is C10H11N7O4. The first-order valence-electron chi connectivity index (χ1n) is 5.62. The standard InChI is InChI=1S/C10H11N7O4/c1-15-4-5(7(14-15)9(11)18)13-10(19)8-6(17(20)21)3-12-16(8)2/h3-4H,1-2H3,(H2,11,18)(H,13,19). The highest BCUT2D eigenvalue weighted by Gasteiger charge is 2.27. The van der Waals surface area contributed by atoms with E-state index in [-0.39, 0.29) is 17.1 Å². The molecule has 2 aromatic rings. The number of rotatable bonds is 4. The number of hydrogen-bond acceptors (Lipinski definition) is 6. The zero-order valence-corrected chi connectivity index (χ0v) is 11.1. The Morgan fingerprint density at radius 3 is 2.67 bits per heavy atom. The van der Waals surface area contributed by atoms with Crippen LogP contribution in [0.15, 0.2) is 12.4 Å². The molecule has 0 saturated carbocycles. The van der Waals surface area contributed by atoms with Gasteiger partial charge < -0.3 is 11.1 Å². The second-order valence-electron chi connectivity index (χ2n) is 4.14. The first-order valence-corrected chi connectivity index (χ1v) is 5.62. The van der Waals surface area contributed by atoms with Gasteiger partial charge in [-0.1, -0.05) is 0 Å². The van der Waals surface area contributed by atoms with E-state index in [4.69, 9.17) is 5.73 Å². The predicted octanol–water partition coefficient (Wildman–Crippen LogP) is -0.587. The summed E-state index contributed by atoms with van der Waals surface area (Å²) in [7, 11) is 2.93. The van der Waals surface area contributed by atoms with Gasteiger partial charge in [0.25, 0.3) is 11.8 Å². The van der Waals surface area contributed by atoms with E-state index in [0.29, 0.717) is 0 Å². The van der Waals surface area contributed by atoms with Crippen LogP contribution in [-0.2, 0) is 14.1 Å². The highest BCUT2D eigenvalue weighted by Crippen LogP contribution is 2.20. The van der Waals surface area contributed by atoms with Gasteiger partial charge in [-0.3, -0.25) is 29.1 Å². The lowest BCUT2D eigenvalue weighted by Crippen LogP contribution is -2.20. The second-order valence-corrected chi connectivity index (χ2v) is 4.14. The summed E-state index contributed by atoms with van der Waals surface area (Å²) < 4.78 is 2.35. The zero-order chi connectivity index (χ0) is 15.7. The molecule has 0 aliphatic carbocycles. The van der Waals surface area contributed by atoms with Gasteiger partial charge in [0.2, 0.25) is 5.69 Å². The average Bonchev–Trinajstić information content (AvgIpc) is 2.92. The molecule has 0 unspecified atom stereocenters. The molecule has 0 atom stereocenters. The fraction of sp³-hybridized carbons (Fsp3) is 0.200. The van der Waals surface area contributed by atoms with E-state index in [9.17, 15) is 19.7 Å². The fourth-order valence-electron chi connectivity index (χ4n) is 1.77. The van der Waals surface area contributed by atoms with Crippen molar-refractivity contribution in [1.82, 2.24) is 19.6 Å². The summed E-state index contributed by atoms with van der Waals surface area (Å²) in [6.45, 7) is 0. The summed E-state index contributed by atoms with van der Waals surface area (Å²) in [6.07, 6.45) is 2.33. The van der Waals surface area contributed by atoms with Crippen molar-refractivity contribution >= 4 is 23.2 Å². The molecule has 11 nitrogen and oxygen atoms in total. The second kappa shape index (κ2) is 5.03. The van der Waals surface area contributed by atoms with Crippen LogP contribution in [-0.4, -0.2) is 36.3 Å². The number of primary amides is 1. The average molecular weight is 293 g/mol. The molecule has 0 fully saturated rings. The van der Waals surface area contributed by atoms with Gasteiger partial charge in [-0.25, -0.2) is 0 Å². The molecule has 0 aromatic carbocycles. The number of aromatic nitrogens is 4. The molecule has 2 heterocycles. The van der Waals surface area contributed by atoms with Gasteiger partial charge in [-0.05, 0) is 0 Å². The van der Waals surface area contributed by atoms with Crippen LogP contribution in [0.25, 0.3) is 0 Å². The lowest BCUT2D eigenvalue weighted by molar-refractivity contribution is -0.385. The quantitative estimate of drug-likeness (QED) is 0.568. The molecule has 2 rings (SSSR count). The number of nitrogens with one attached hydrogen (secondary N) is 1. The van der Waals surface area contributed by atoms with Gasteiger partial charge in [0.1, 0.15) is 6.20 Å². The molecule has 11 heteroatoms. The molecule has 21 heavy (non-hydrogen) atoms. The third-order valence-corrected chi connectivity index (χ3v) is 2.64. The number of hydrogen-bond donors (Lipinski definition) is 2. The van der Waals surface area contributed by atoms with E-state index in [1.807, 2.05) is 0 Å². The van der Waals surface area contributed by atoms with Crippen LogP contribution in [0, 0.1) is 10.1 Å². The van der Waals surface area contributed by atoms with Gasteiger partial charge in [0, 0.05) is 20.3 Å². The zero-order valence-electron chi connectivity index (χ0n) is 11.1. The van der Waals surface area contributed by atoms with Crippen molar-refractivity contribution in [2.75, 3.05) is 5.32 Å². The minimum absolute atomic E-state index is 0.0606. The Morgan fingerprint density at radius 1 is 1.43 bits per heavy atom. The molecule has 0 spiro atoms.